The number of benzene rings is 2. The number of likely N-dealkylation sites (tertiary alicyclic amines) is 2. The number of nitrogen functional groups attached to an aromatic ring is 1. The topological polar surface area (TPSA) is 144 Å². The minimum absolute atomic E-state index is 0.00817. The number of piperidine rings is 2. The lowest BCUT2D eigenvalue weighted by Gasteiger charge is -2.25. The number of nitro benzene ring substituents is 1. The van der Waals surface area contributed by atoms with Gasteiger partial charge in [-0.1, -0.05) is 24.3 Å². The van der Waals surface area contributed by atoms with Crippen molar-refractivity contribution in [3.63, 3.8) is 0 Å². The van der Waals surface area contributed by atoms with Crippen LogP contribution in [0.4, 0.5) is 37.7 Å². The Morgan fingerprint density at radius 1 is 0.727 bits per heavy atom. The van der Waals surface area contributed by atoms with Crippen molar-refractivity contribution in [3.8, 4) is 0 Å². The number of alkyl halides is 6. The fourth-order valence-corrected chi connectivity index (χ4v) is 7.15. The van der Waals surface area contributed by atoms with Gasteiger partial charge in [0.15, 0.2) is 0 Å². The Morgan fingerprint density at radius 2 is 1.09 bits per heavy atom. The predicted octanol–water partition coefficient (Wildman–Crippen LogP) is 3.73. The smallest absolute Gasteiger partial charge is 0.390 e. The van der Waals surface area contributed by atoms with E-state index in [4.69, 9.17) is 5.73 Å². The molecule has 4 fully saturated rings. The van der Waals surface area contributed by atoms with Crippen LogP contribution in [0.2, 0.25) is 0 Å². The van der Waals surface area contributed by atoms with Gasteiger partial charge in [-0.2, -0.15) is 26.3 Å². The first-order chi connectivity index (χ1) is 20.3. The SMILES string of the molecule is CN1C(=O)C2C(C1=O)C2(CC(F)(F)F)c1cccc(N)c1.CN1C(=O)C2C(C1=O)C2(CC(F)(F)F)c1cccc([N+](=O)[O-])c1. The molecule has 6 rings (SSSR count). The van der Waals surface area contributed by atoms with Crippen molar-refractivity contribution in [3.05, 3.63) is 69.8 Å². The van der Waals surface area contributed by atoms with Gasteiger partial charge in [0.2, 0.25) is 23.6 Å². The molecule has 0 radical (unpaired) electrons. The van der Waals surface area contributed by atoms with Crippen LogP contribution in [0, 0.1) is 33.8 Å². The van der Waals surface area contributed by atoms with Crippen molar-refractivity contribution >= 4 is 35.0 Å². The van der Waals surface area contributed by atoms with Gasteiger partial charge in [-0.05, 0) is 23.3 Å². The van der Waals surface area contributed by atoms with Gasteiger partial charge >= 0.3 is 12.4 Å². The highest BCUT2D eigenvalue weighted by atomic mass is 19.4. The molecule has 2 heterocycles. The zero-order valence-corrected chi connectivity index (χ0v) is 23.0. The van der Waals surface area contributed by atoms with Gasteiger partial charge in [0.1, 0.15) is 0 Å². The molecule has 2 aliphatic carbocycles. The van der Waals surface area contributed by atoms with Crippen molar-refractivity contribution in [2.75, 3.05) is 19.8 Å². The molecule has 2 N–H and O–H groups in total. The van der Waals surface area contributed by atoms with Crippen LogP contribution in [0.1, 0.15) is 24.0 Å². The summed E-state index contributed by atoms with van der Waals surface area (Å²) < 4.78 is 78.0. The number of hydrogen-bond donors (Lipinski definition) is 1. The largest absolute Gasteiger partial charge is 0.399 e. The number of anilines is 1. The van der Waals surface area contributed by atoms with Crippen LogP contribution in [0.5, 0.6) is 0 Å². The number of fused-ring (bicyclic) bond motifs is 2. The Balaban J connectivity index is 0.000000175. The molecular weight excluding hydrogens is 602 g/mol. The number of halogens is 6. The Hall–Kier alpha value is -4.50. The average Bonchev–Trinajstić information content (AvgIpc) is 3.73. The normalized spacial score (nSPS) is 30.5. The van der Waals surface area contributed by atoms with E-state index in [1.807, 2.05) is 0 Å². The molecule has 2 saturated carbocycles. The molecule has 2 aromatic carbocycles. The van der Waals surface area contributed by atoms with E-state index in [9.17, 15) is 55.6 Å². The molecule has 10 nitrogen and oxygen atoms in total. The van der Waals surface area contributed by atoms with Gasteiger partial charge in [0, 0.05) is 42.7 Å². The molecule has 234 valence electrons. The minimum Gasteiger partial charge on any atom is -0.399 e. The molecule has 0 spiro atoms. The molecule has 2 aliphatic heterocycles. The summed E-state index contributed by atoms with van der Waals surface area (Å²) in [6.45, 7) is 0. The first-order valence-electron chi connectivity index (χ1n) is 13.1. The first kappa shape index (κ1) is 30.9. The number of imide groups is 2. The van der Waals surface area contributed by atoms with E-state index in [2.05, 4.69) is 0 Å². The van der Waals surface area contributed by atoms with E-state index < -0.39 is 88.2 Å². The Kier molecular flexibility index (Phi) is 6.86. The molecule has 4 unspecified atom stereocenters. The molecule has 4 aliphatic rings. The Labute approximate surface area is 244 Å². The van der Waals surface area contributed by atoms with Gasteiger partial charge < -0.3 is 5.73 Å². The van der Waals surface area contributed by atoms with Gasteiger partial charge in [-0.15, -0.1) is 0 Å². The summed E-state index contributed by atoms with van der Waals surface area (Å²) in [6.07, 6.45) is -11.6. The summed E-state index contributed by atoms with van der Waals surface area (Å²) in [6, 6.07) is 10.7. The quantitative estimate of drug-likeness (QED) is 0.175. The maximum absolute atomic E-state index is 13.0. The third kappa shape index (κ3) is 4.66. The number of amides is 4. The van der Waals surface area contributed by atoms with E-state index in [0.717, 1.165) is 21.9 Å². The van der Waals surface area contributed by atoms with Crippen LogP contribution in [-0.4, -0.2) is 64.8 Å². The van der Waals surface area contributed by atoms with Crippen LogP contribution in [0.25, 0.3) is 0 Å². The highest BCUT2D eigenvalue weighted by molar-refractivity contribution is 6.12. The number of nitrogens with zero attached hydrogens (tertiary/aromatic N) is 3. The zero-order valence-electron chi connectivity index (χ0n) is 23.0. The maximum Gasteiger partial charge on any atom is 0.390 e. The first-order valence-corrected chi connectivity index (χ1v) is 13.1. The van der Waals surface area contributed by atoms with E-state index in [0.29, 0.717) is 11.3 Å². The summed E-state index contributed by atoms with van der Waals surface area (Å²) >= 11 is 0. The molecule has 0 aromatic heterocycles. The molecule has 2 saturated heterocycles. The van der Waals surface area contributed by atoms with E-state index in [1.54, 1.807) is 6.07 Å². The second-order valence-electron chi connectivity index (χ2n) is 11.5. The van der Waals surface area contributed by atoms with Crippen LogP contribution < -0.4 is 5.73 Å². The monoisotopic (exact) mass is 626 g/mol. The molecule has 0 bridgehead atoms. The summed E-state index contributed by atoms with van der Waals surface area (Å²) in [4.78, 5) is 60.0. The average molecular weight is 627 g/mol. The maximum atomic E-state index is 13.0. The molecule has 4 atom stereocenters. The van der Waals surface area contributed by atoms with Gasteiger partial charge in [0.05, 0.1) is 41.4 Å². The standard InChI is InChI=1S/C14H11F3N2O4.C14H13F3N2O2/c1-18-11(20)9-10(12(18)21)13(9,6-14(15,16)17)7-3-2-4-8(5-7)19(22)23;1-19-11(20)9-10(12(19)21)13(9,6-14(15,16)17)7-3-2-4-8(18)5-7/h2-5,9-10H,6H2,1H3;2-5,9-10H,6,18H2,1H3. The number of hydrogen-bond acceptors (Lipinski definition) is 7. The lowest BCUT2D eigenvalue weighted by Crippen LogP contribution is -2.38. The zero-order chi connectivity index (χ0) is 32.7. The predicted molar refractivity (Wildman–Crippen MR) is 138 cm³/mol. The highest BCUT2D eigenvalue weighted by Gasteiger charge is 2.80. The molecular formula is C28H24F6N4O6. The van der Waals surface area contributed by atoms with Crippen molar-refractivity contribution < 1.29 is 50.4 Å². The van der Waals surface area contributed by atoms with Gasteiger partial charge in [-0.25, -0.2) is 0 Å². The van der Waals surface area contributed by atoms with Crippen LogP contribution in [0.15, 0.2) is 48.5 Å². The van der Waals surface area contributed by atoms with Gasteiger partial charge in [-0.3, -0.25) is 39.1 Å². The van der Waals surface area contributed by atoms with Crippen LogP contribution in [-0.2, 0) is 30.0 Å². The third-order valence-electron chi connectivity index (χ3n) is 9.06. The Morgan fingerprint density at radius 3 is 1.43 bits per heavy atom. The number of nitro groups is 1. The summed E-state index contributed by atoms with van der Waals surface area (Å²) in [5.74, 6) is -6.51. The van der Waals surface area contributed by atoms with Crippen molar-refractivity contribution in [1.82, 2.24) is 9.80 Å². The number of nitrogens with two attached hydrogens (primary N) is 1. The van der Waals surface area contributed by atoms with Crippen molar-refractivity contribution in [2.45, 2.75) is 36.0 Å². The van der Waals surface area contributed by atoms with Crippen molar-refractivity contribution in [1.29, 1.82) is 0 Å². The Bertz CT molecular complexity index is 1560. The summed E-state index contributed by atoms with van der Waals surface area (Å²) in [5, 5.41) is 10.9. The third-order valence-corrected chi connectivity index (χ3v) is 9.06. The van der Waals surface area contributed by atoms with E-state index in [1.165, 1.54) is 44.4 Å². The van der Waals surface area contributed by atoms with E-state index >= 15 is 0 Å². The second kappa shape index (κ2) is 9.75. The summed E-state index contributed by atoms with van der Waals surface area (Å²) in [5.41, 5.74) is 2.67. The van der Waals surface area contributed by atoms with Gasteiger partial charge in [0.25, 0.3) is 5.69 Å². The number of non-ortho nitro benzene ring substituents is 1. The fraction of sp³-hybridized carbons (Fsp3) is 0.429. The highest BCUT2D eigenvalue weighted by Crippen LogP contribution is 2.69. The lowest BCUT2D eigenvalue weighted by atomic mass is 9.86. The number of carbonyl (C=O) groups is 4. The van der Waals surface area contributed by atoms with Crippen LogP contribution in [0.3, 0.4) is 0 Å². The molecule has 16 heteroatoms. The van der Waals surface area contributed by atoms with E-state index in [-0.39, 0.29) is 11.3 Å². The molecule has 2 aromatic rings. The number of rotatable bonds is 5. The van der Waals surface area contributed by atoms with Crippen LogP contribution >= 0.6 is 0 Å². The minimum atomic E-state index is -4.60. The van der Waals surface area contributed by atoms with Crippen molar-refractivity contribution in [2.24, 2.45) is 23.7 Å². The summed E-state index contributed by atoms with van der Waals surface area (Å²) in [7, 11) is 2.52. The lowest BCUT2D eigenvalue weighted by molar-refractivity contribution is -0.385. The molecule has 4 amide bonds. The number of carbonyl (C=O) groups excluding carboxylic acids is 4. The second-order valence-corrected chi connectivity index (χ2v) is 11.5. The molecule has 44 heavy (non-hydrogen) atoms. The fourth-order valence-electron chi connectivity index (χ4n) is 7.15.